The summed E-state index contributed by atoms with van der Waals surface area (Å²) >= 11 is -0.472. The minimum absolute atomic E-state index is 0. The normalized spacial score (nSPS) is 25.5. The second kappa shape index (κ2) is 10.1. The predicted molar refractivity (Wildman–Crippen MR) is 101 cm³/mol. The molecule has 4 heterocycles. The van der Waals surface area contributed by atoms with E-state index >= 15 is 0 Å². The first kappa shape index (κ1) is 25.0. The third-order valence-corrected chi connectivity index (χ3v) is 4.22. The van der Waals surface area contributed by atoms with Crippen molar-refractivity contribution < 1.29 is 36.5 Å². The zero-order chi connectivity index (χ0) is 19.0. The average molecular weight is 620 g/mol. The van der Waals surface area contributed by atoms with Gasteiger partial charge >= 0.3 is 35.3 Å². The molecule has 0 aliphatic carbocycles. The van der Waals surface area contributed by atoms with E-state index in [1.807, 2.05) is 0 Å². The van der Waals surface area contributed by atoms with Crippen molar-refractivity contribution in [1.82, 2.24) is 26.8 Å². The quantitative estimate of drug-likeness (QED) is 0.261. The molecule has 2 aromatic heterocycles. The minimum atomic E-state index is -1.20. The van der Waals surface area contributed by atoms with Gasteiger partial charge in [0.2, 0.25) is 0 Å². The van der Waals surface area contributed by atoms with Crippen LogP contribution in [0.4, 0.5) is 5.82 Å². The van der Waals surface area contributed by atoms with E-state index in [1.165, 1.54) is 6.33 Å². The number of nitrogens with two attached hydrogens (primary N) is 1. The van der Waals surface area contributed by atoms with Crippen LogP contribution in [0.5, 0.6) is 0 Å². The fourth-order valence-corrected chi connectivity index (χ4v) is 3.07. The molecular formula is C13H22Cl2N8O4Pt. The molecule has 1 saturated heterocycles. The van der Waals surface area contributed by atoms with Crippen molar-refractivity contribution in [1.29, 1.82) is 0 Å². The molecule has 2 aliphatic rings. The summed E-state index contributed by atoms with van der Waals surface area (Å²) in [6, 6.07) is 0. The van der Waals surface area contributed by atoms with Gasteiger partial charge in [-0.3, -0.25) is 0 Å². The van der Waals surface area contributed by atoms with Gasteiger partial charge in [-0.15, -0.1) is 0 Å². The molecule has 0 unspecified atom stereocenters. The maximum absolute atomic E-state index is 10.2. The second-order valence-corrected chi connectivity index (χ2v) is 8.91. The average Bonchev–Trinajstić information content (AvgIpc) is 3.13. The summed E-state index contributed by atoms with van der Waals surface area (Å²) in [7, 11) is 11.5. The van der Waals surface area contributed by atoms with Crippen molar-refractivity contribution >= 4 is 41.5 Å². The number of hydrogen-bond donors (Lipinski definition) is 6. The van der Waals surface area contributed by atoms with Crippen LogP contribution in [0, 0.1) is 0 Å². The first-order valence-corrected chi connectivity index (χ1v) is 13.0. The zero-order valence-electron chi connectivity index (χ0n) is 14.7. The standard InChI is InChI=1S/C13H16N6O4.2ClH.2H3N.Pt/c1-18-11-7-5(10(14)17-18)2-19(12(7)16-4-15-11)13-9(22)8(21)6(3-20)23-13;;;;;/h2,4,6,8-9,13,20-22H,3H2,1H3,(H2,14,17);2*1H;2*1H3;/q;;;;;+2/p-2/t6-,8-,9-,13-;;;;;/m1...../s1. The first-order chi connectivity index (χ1) is 12.4. The van der Waals surface area contributed by atoms with Gasteiger partial charge in [0, 0.05) is 18.8 Å². The number of aromatic nitrogens is 3. The molecule has 4 rings (SSSR count). The molecule has 0 radical (unpaired) electrons. The Bertz CT molecular complexity index is 840. The number of amidine groups is 1. The summed E-state index contributed by atoms with van der Waals surface area (Å²) in [6.07, 6.45) is -1.10. The van der Waals surface area contributed by atoms with Crippen LogP contribution in [-0.4, -0.2) is 67.7 Å². The van der Waals surface area contributed by atoms with Gasteiger partial charge in [0.15, 0.2) is 17.9 Å². The van der Waals surface area contributed by atoms with Crippen LogP contribution in [0.2, 0.25) is 0 Å². The Morgan fingerprint density at radius 1 is 1.25 bits per heavy atom. The number of anilines is 1. The van der Waals surface area contributed by atoms with Crippen molar-refractivity contribution in [2.24, 2.45) is 10.8 Å². The molecule has 28 heavy (non-hydrogen) atoms. The Hall–Kier alpha value is -1.08. The van der Waals surface area contributed by atoms with Gasteiger partial charge in [-0.2, -0.15) is 5.10 Å². The topological polar surface area (TPSA) is 212 Å². The van der Waals surface area contributed by atoms with Crippen LogP contribution in [-0.2, 0) is 21.2 Å². The molecule has 2 aromatic rings. The van der Waals surface area contributed by atoms with Crippen molar-refractivity contribution in [3.8, 4) is 0 Å². The molecule has 0 spiro atoms. The summed E-state index contributed by atoms with van der Waals surface area (Å²) in [5, 5.41) is 35.9. The van der Waals surface area contributed by atoms with E-state index in [1.54, 1.807) is 22.8 Å². The summed E-state index contributed by atoms with van der Waals surface area (Å²) in [6.45, 7) is -0.395. The predicted octanol–water partition coefficient (Wildman–Crippen LogP) is -0.187. The molecular weight excluding hydrogens is 598 g/mol. The molecule has 0 saturated carbocycles. The number of hydrazone groups is 1. The SMILES string of the molecule is CN1N=C(N)c2cn([C@@H]3O[C@H](CO)[C@@H](O)[C@H]3O)c3ncnc1c23.N.N.[Cl][Pt][Cl]. The van der Waals surface area contributed by atoms with Crippen LogP contribution in [0.15, 0.2) is 17.6 Å². The van der Waals surface area contributed by atoms with E-state index in [0.29, 0.717) is 28.3 Å². The van der Waals surface area contributed by atoms with Crippen LogP contribution in [0.3, 0.4) is 0 Å². The third kappa shape index (κ3) is 4.11. The van der Waals surface area contributed by atoms with Gasteiger partial charge in [-0.05, 0) is 0 Å². The van der Waals surface area contributed by atoms with Crippen LogP contribution in [0.1, 0.15) is 11.8 Å². The van der Waals surface area contributed by atoms with E-state index < -0.39 is 47.6 Å². The fraction of sp³-hybridized carbons (Fsp3) is 0.462. The molecule has 12 nitrogen and oxygen atoms in total. The number of rotatable bonds is 2. The summed E-state index contributed by atoms with van der Waals surface area (Å²) in [4.78, 5) is 8.45. The number of aliphatic hydroxyl groups excluding tert-OH is 3. The molecule has 2 aliphatic heterocycles. The molecule has 0 aromatic carbocycles. The maximum atomic E-state index is 10.2. The van der Waals surface area contributed by atoms with Gasteiger partial charge < -0.3 is 42.7 Å². The molecule has 0 amide bonds. The molecule has 1 fully saturated rings. The van der Waals surface area contributed by atoms with Crippen LogP contribution in [0.25, 0.3) is 11.0 Å². The van der Waals surface area contributed by atoms with Crippen molar-refractivity contribution in [3.05, 3.63) is 18.1 Å². The van der Waals surface area contributed by atoms with Crippen LogP contribution < -0.4 is 23.0 Å². The Labute approximate surface area is 176 Å². The van der Waals surface area contributed by atoms with Crippen LogP contribution >= 0.6 is 18.8 Å². The van der Waals surface area contributed by atoms with E-state index in [9.17, 15) is 15.3 Å². The van der Waals surface area contributed by atoms with Gasteiger partial charge in [-0.25, -0.2) is 15.0 Å². The van der Waals surface area contributed by atoms with E-state index in [0.717, 1.165) is 0 Å². The number of ether oxygens (including phenoxy) is 1. The summed E-state index contributed by atoms with van der Waals surface area (Å²) < 4.78 is 7.15. The van der Waals surface area contributed by atoms with E-state index in [4.69, 9.17) is 29.3 Å². The second-order valence-electron chi connectivity index (χ2n) is 5.63. The number of hydrogen-bond acceptors (Lipinski definition) is 11. The third-order valence-electron chi connectivity index (χ3n) is 4.22. The fourth-order valence-electron chi connectivity index (χ4n) is 3.07. The van der Waals surface area contributed by atoms with Gasteiger partial charge in [0.1, 0.15) is 30.3 Å². The molecule has 4 atom stereocenters. The Morgan fingerprint density at radius 3 is 2.46 bits per heavy atom. The Morgan fingerprint density at radius 2 is 1.89 bits per heavy atom. The van der Waals surface area contributed by atoms with E-state index in [-0.39, 0.29) is 12.3 Å². The Balaban J connectivity index is 0.000000739. The van der Waals surface area contributed by atoms with Gasteiger partial charge in [0.05, 0.1) is 12.0 Å². The molecule has 0 bridgehead atoms. The van der Waals surface area contributed by atoms with Crippen molar-refractivity contribution in [3.63, 3.8) is 0 Å². The van der Waals surface area contributed by atoms with Gasteiger partial charge in [0.25, 0.3) is 0 Å². The van der Waals surface area contributed by atoms with E-state index in [2.05, 4.69) is 15.1 Å². The first-order valence-electron chi connectivity index (χ1n) is 7.33. The molecule has 15 heteroatoms. The molecule has 11 N–H and O–H groups in total. The number of nitrogens with zero attached hydrogens (tertiary/aromatic N) is 5. The summed E-state index contributed by atoms with van der Waals surface area (Å²) in [5.74, 6) is 0.884. The van der Waals surface area contributed by atoms with Gasteiger partial charge in [-0.1, -0.05) is 0 Å². The number of aliphatic hydroxyl groups is 3. The summed E-state index contributed by atoms with van der Waals surface area (Å²) in [5.41, 5.74) is 7.10. The number of halogens is 2. The monoisotopic (exact) mass is 619 g/mol. The molecule has 162 valence electrons. The Kier molecular flexibility index (Phi) is 9.00. The van der Waals surface area contributed by atoms with Crippen molar-refractivity contribution in [2.45, 2.75) is 24.5 Å². The zero-order valence-corrected chi connectivity index (χ0v) is 18.5. The van der Waals surface area contributed by atoms with Crippen molar-refractivity contribution in [2.75, 3.05) is 18.7 Å².